The minimum absolute atomic E-state index is 0.0201. The molecule has 0 aromatic carbocycles. The first-order valence-electron chi connectivity index (χ1n) is 6.47. The molecule has 2 rings (SSSR count). The molecule has 1 fully saturated rings. The summed E-state index contributed by atoms with van der Waals surface area (Å²) in [4.78, 5) is 0. The Hall–Kier alpha value is -0.940. The second-order valence-corrected chi connectivity index (χ2v) is 4.78. The Balaban J connectivity index is 1.97. The smallest absolute Gasteiger partial charge is 0.150 e. The maximum absolute atomic E-state index is 6.17. The Labute approximate surface area is 102 Å². The fourth-order valence-electron chi connectivity index (χ4n) is 2.56. The van der Waals surface area contributed by atoms with E-state index >= 15 is 0 Å². The zero-order valence-electron chi connectivity index (χ0n) is 10.5. The van der Waals surface area contributed by atoms with E-state index in [4.69, 9.17) is 10.5 Å². The van der Waals surface area contributed by atoms with Gasteiger partial charge in [-0.3, -0.25) is 0 Å². The van der Waals surface area contributed by atoms with Crippen LogP contribution in [0.1, 0.15) is 56.4 Å². The number of nitrogens with two attached hydrogens (primary N) is 1. The molecule has 0 radical (unpaired) electrons. The molecule has 0 bridgehead atoms. The van der Waals surface area contributed by atoms with Gasteiger partial charge in [0.05, 0.1) is 6.04 Å². The van der Waals surface area contributed by atoms with Crippen molar-refractivity contribution >= 4 is 0 Å². The molecule has 1 aromatic heterocycles. The number of nitrogens with zero attached hydrogens (tertiary/aromatic N) is 3. The summed E-state index contributed by atoms with van der Waals surface area (Å²) in [6, 6.07) is 0.543. The maximum Gasteiger partial charge on any atom is 0.150 e. The van der Waals surface area contributed by atoms with Crippen LogP contribution >= 0.6 is 0 Å². The van der Waals surface area contributed by atoms with Crippen molar-refractivity contribution in [1.29, 1.82) is 0 Å². The zero-order valence-corrected chi connectivity index (χ0v) is 10.5. The molecule has 0 aliphatic heterocycles. The Morgan fingerprint density at radius 2 is 2.29 bits per heavy atom. The van der Waals surface area contributed by atoms with Crippen LogP contribution in [0.5, 0.6) is 0 Å². The van der Waals surface area contributed by atoms with Crippen molar-refractivity contribution in [3.63, 3.8) is 0 Å². The van der Waals surface area contributed by atoms with Gasteiger partial charge in [0.1, 0.15) is 12.2 Å². The van der Waals surface area contributed by atoms with Gasteiger partial charge in [0.25, 0.3) is 0 Å². The molecule has 1 heterocycles. The first kappa shape index (κ1) is 12.5. The van der Waals surface area contributed by atoms with Crippen LogP contribution in [0.4, 0.5) is 0 Å². The summed E-state index contributed by atoms with van der Waals surface area (Å²) in [6.07, 6.45) is 8.78. The van der Waals surface area contributed by atoms with Crippen molar-refractivity contribution in [3.05, 3.63) is 12.2 Å². The van der Waals surface area contributed by atoms with Crippen LogP contribution < -0.4 is 5.73 Å². The van der Waals surface area contributed by atoms with E-state index in [1.54, 1.807) is 7.11 Å². The second-order valence-electron chi connectivity index (χ2n) is 4.78. The monoisotopic (exact) mass is 238 g/mol. The normalized spacial score (nSPS) is 18.7. The number of methoxy groups -OCH3 is 1. The maximum atomic E-state index is 6.17. The lowest BCUT2D eigenvalue weighted by molar-refractivity contribution is 0.190. The van der Waals surface area contributed by atoms with Crippen molar-refractivity contribution in [2.75, 3.05) is 13.7 Å². The van der Waals surface area contributed by atoms with Crippen LogP contribution in [0.25, 0.3) is 0 Å². The van der Waals surface area contributed by atoms with E-state index in [0.29, 0.717) is 6.04 Å². The molecule has 1 saturated carbocycles. The Morgan fingerprint density at radius 3 is 3.00 bits per heavy atom. The molecule has 5 nitrogen and oxygen atoms in total. The van der Waals surface area contributed by atoms with Crippen molar-refractivity contribution in [2.24, 2.45) is 5.73 Å². The Kier molecular flexibility index (Phi) is 4.50. The van der Waals surface area contributed by atoms with E-state index in [2.05, 4.69) is 14.8 Å². The fraction of sp³-hybridized carbons (Fsp3) is 0.833. The highest BCUT2D eigenvalue weighted by molar-refractivity contribution is 4.97. The van der Waals surface area contributed by atoms with Crippen molar-refractivity contribution in [3.8, 4) is 0 Å². The van der Waals surface area contributed by atoms with Crippen LogP contribution in [0.15, 0.2) is 6.33 Å². The van der Waals surface area contributed by atoms with Crippen LogP contribution in [0, 0.1) is 0 Å². The van der Waals surface area contributed by atoms with E-state index in [-0.39, 0.29) is 6.04 Å². The number of aromatic nitrogens is 3. The van der Waals surface area contributed by atoms with Crippen molar-refractivity contribution < 1.29 is 4.74 Å². The third-order valence-electron chi connectivity index (χ3n) is 3.51. The predicted octanol–water partition coefficient (Wildman–Crippen LogP) is 1.82. The third-order valence-corrected chi connectivity index (χ3v) is 3.51. The minimum atomic E-state index is -0.0201. The van der Waals surface area contributed by atoms with E-state index in [0.717, 1.165) is 25.3 Å². The highest BCUT2D eigenvalue weighted by atomic mass is 16.5. The van der Waals surface area contributed by atoms with Gasteiger partial charge >= 0.3 is 0 Å². The second kappa shape index (κ2) is 6.12. The quantitative estimate of drug-likeness (QED) is 0.768. The van der Waals surface area contributed by atoms with Crippen LogP contribution in [-0.2, 0) is 4.74 Å². The zero-order chi connectivity index (χ0) is 12.1. The Bertz CT molecular complexity index is 333. The van der Waals surface area contributed by atoms with Gasteiger partial charge in [0.15, 0.2) is 0 Å². The molecular formula is C12H22N4O. The molecule has 2 N–H and O–H groups in total. The van der Waals surface area contributed by atoms with Gasteiger partial charge < -0.3 is 15.0 Å². The molecule has 1 aliphatic rings. The fourth-order valence-corrected chi connectivity index (χ4v) is 2.56. The summed E-state index contributed by atoms with van der Waals surface area (Å²) < 4.78 is 7.23. The number of hydrogen-bond acceptors (Lipinski definition) is 4. The molecule has 1 aliphatic carbocycles. The van der Waals surface area contributed by atoms with Crippen LogP contribution in [0.2, 0.25) is 0 Å². The average Bonchev–Trinajstić information content (AvgIpc) is 2.99. The average molecular weight is 238 g/mol. The molecule has 17 heavy (non-hydrogen) atoms. The van der Waals surface area contributed by atoms with Crippen molar-refractivity contribution in [1.82, 2.24) is 14.8 Å². The number of hydrogen-bond donors (Lipinski definition) is 1. The van der Waals surface area contributed by atoms with Gasteiger partial charge in [0.2, 0.25) is 0 Å². The molecule has 0 spiro atoms. The summed E-state index contributed by atoms with van der Waals surface area (Å²) in [6.45, 7) is 0.755. The largest absolute Gasteiger partial charge is 0.385 e. The summed E-state index contributed by atoms with van der Waals surface area (Å²) in [5, 5.41) is 8.20. The van der Waals surface area contributed by atoms with Gasteiger partial charge in [0, 0.05) is 19.8 Å². The summed E-state index contributed by atoms with van der Waals surface area (Å²) in [5.74, 6) is 0.938. The third kappa shape index (κ3) is 3.04. The first-order valence-corrected chi connectivity index (χ1v) is 6.47. The summed E-state index contributed by atoms with van der Waals surface area (Å²) >= 11 is 0. The number of ether oxygens (including phenoxy) is 1. The Morgan fingerprint density at radius 1 is 1.53 bits per heavy atom. The molecule has 0 saturated heterocycles. The van der Waals surface area contributed by atoms with Crippen LogP contribution in [0.3, 0.4) is 0 Å². The lowest BCUT2D eigenvalue weighted by Gasteiger charge is -2.17. The molecule has 1 unspecified atom stereocenters. The highest BCUT2D eigenvalue weighted by Gasteiger charge is 2.22. The highest BCUT2D eigenvalue weighted by Crippen LogP contribution is 2.31. The lowest BCUT2D eigenvalue weighted by atomic mass is 10.1. The van der Waals surface area contributed by atoms with Gasteiger partial charge in [-0.1, -0.05) is 12.8 Å². The molecule has 0 amide bonds. The molecule has 5 heteroatoms. The predicted molar refractivity (Wildman–Crippen MR) is 65.6 cm³/mol. The van der Waals surface area contributed by atoms with Crippen molar-refractivity contribution in [2.45, 2.75) is 50.6 Å². The minimum Gasteiger partial charge on any atom is -0.385 e. The first-order chi connectivity index (χ1) is 8.33. The topological polar surface area (TPSA) is 66.0 Å². The van der Waals surface area contributed by atoms with Crippen LogP contribution in [-0.4, -0.2) is 28.5 Å². The molecular weight excluding hydrogens is 216 g/mol. The molecule has 1 aromatic rings. The van der Waals surface area contributed by atoms with Gasteiger partial charge in [-0.15, -0.1) is 10.2 Å². The summed E-state index contributed by atoms with van der Waals surface area (Å²) in [5.41, 5.74) is 6.17. The van der Waals surface area contributed by atoms with E-state index in [1.165, 1.54) is 25.7 Å². The van der Waals surface area contributed by atoms with E-state index in [1.807, 2.05) is 6.33 Å². The molecule has 96 valence electrons. The van der Waals surface area contributed by atoms with E-state index in [9.17, 15) is 0 Å². The molecule has 1 atom stereocenters. The van der Waals surface area contributed by atoms with Gasteiger partial charge in [-0.2, -0.15) is 0 Å². The SMILES string of the molecule is COCCCC(N)c1nncn1C1CCCC1. The van der Waals surface area contributed by atoms with E-state index < -0.39 is 0 Å². The lowest BCUT2D eigenvalue weighted by Crippen LogP contribution is -2.19. The van der Waals surface area contributed by atoms with Gasteiger partial charge in [-0.25, -0.2) is 0 Å². The number of rotatable bonds is 6. The summed E-state index contributed by atoms with van der Waals surface area (Å²) in [7, 11) is 1.71. The van der Waals surface area contributed by atoms with Gasteiger partial charge in [-0.05, 0) is 25.7 Å². The standard InChI is InChI=1S/C12H22N4O/c1-17-8-4-7-11(13)12-15-14-9-16(12)10-5-2-3-6-10/h9-11H,2-8,13H2,1H3.